The number of hydrogen-bond acceptors (Lipinski definition) is 4. The van der Waals surface area contributed by atoms with E-state index in [1.807, 2.05) is 0 Å². The minimum atomic E-state index is -0.866. The predicted octanol–water partition coefficient (Wildman–Crippen LogP) is 1.76. The number of carbonyl (C=O) groups excluding carboxylic acids is 2. The van der Waals surface area contributed by atoms with Gasteiger partial charge in [-0.25, -0.2) is 0 Å². The first-order valence-corrected chi connectivity index (χ1v) is 5.65. The van der Waals surface area contributed by atoms with Gasteiger partial charge in [-0.2, -0.15) is 0 Å². The summed E-state index contributed by atoms with van der Waals surface area (Å²) in [5.74, 6) is -0.121. The molecule has 90 valence electrons. The fourth-order valence-corrected chi connectivity index (χ4v) is 2.12. The van der Waals surface area contributed by atoms with Crippen molar-refractivity contribution >= 4 is 11.6 Å². The largest absolute Gasteiger partial charge is 0.299 e. The fourth-order valence-electron chi connectivity index (χ4n) is 2.12. The molecule has 0 aromatic rings. The van der Waals surface area contributed by atoms with Crippen molar-refractivity contribution in [2.24, 2.45) is 5.41 Å². The van der Waals surface area contributed by atoms with Crippen molar-refractivity contribution in [2.75, 3.05) is 6.54 Å². The van der Waals surface area contributed by atoms with Gasteiger partial charge >= 0.3 is 0 Å². The lowest BCUT2D eigenvalue weighted by atomic mass is 9.70. The molecular formula is C11H17NO4. The maximum atomic E-state index is 11.9. The summed E-state index contributed by atoms with van der Waals surface area (Å²) < 4.78 is 0. The van der Waals surface area contributed by atoms with Gasteiger partial charge in [0.2, 0.25) is 6.54 Å². The van der Waals surface area contributed by atoms with Crippen molar-refractivity contribution in [3.8, 4) is 0 Å². The number of nitrogens with zero attached hydrogens (tertiary/aromatic N) is 1. The van der Waals surface area contributed by atoms with Gasteiger partial charge in [0.05, 0.1) is 5.41 Å². The summed E-state index contributed by atoms with van der Waals surface area (Å²) in [5, 5.41) is 10.1. The van der Waals surface area contributed by atoms with E-state index in [9.17, 15) is 19.7 Å². The van der Waals surface area contributed by atoms with Crippen LogP contribution in [0.2, 0.25) is 0 Å². The lowest BCUT2D eigenvalue weighted by Crippen LogP contribution is -2.39. The molecule has 0 spiro atoms. The first-order chi connectivity index (χ1) is 7.47. The summed E-state index contributed by atoms with van der Waals surface area (Å²) in [6, 6.07) is 0. The van der Waals surface area contributed by atoms with Gasteiger partial charge in [0.15, 0.2) is 0 Å². The van der Waals surface area contributed by atoms with Crippen molar-refractivity contribution < 1.29 is 14.5 Å². The highest BCUT2D eigenvalue weighted by Gasteiger charge is 2.41. The van der Waals surface area contributed by atoms with E-state index in [0.29, 0.717) is 12.8 Å². The molecule has 0 bridgehead atoms. The molecule has 0 aliphatic heterocycles. The van der Waals surface area contributed by atoms with E-state index in [1.165, 1.54) is 0 Å². The third-order valence-corrected chi connectivity index (χ3v) is 3.31. The number of carbonyl (C=O) groups is 2. The summed E-state index contributed by atoms with van der Waals surface area (Å²) in [6.45, 7) is 1.49. The van der Waals surface area contributed by atoms with Gasteiger partial charge in [0.25, 0.3) is 0 Å². The zero-order chi connectivity index (χ0) is 12.2. The summed E-state index contributed by atoms with van der Waals surface area (Å²) in [5.41, 5.74) is -0.866. The molecule has 1 saturated carbocycles. The van der Waals surface area contributed by atoms with E-state index in [4.69, 9.17) is 0 Å². The van der Waals surface area contributed by atoms with E-state index in [2.05, 4.69) is 0 Å². The van der Waals surface area contributed by atoms with Crippen molar-refractivity contribution in [3.63, 3.8) is 0 Å². The second-order valence-electron chi connectivity index (χ2n) is 4.55. The predicted molar refractivity (Wildman–Crippen MR) is 57.7 cm³/mol. The summed E-state index contributed by atoms with van der Waals surface area (Å²) >= 11 is 0. The van der Waals surface area contributed by atoms with Crippen LogP contribution in [-0.4, -0.2) is 23.0 Å². The molecule has 5 heteroatoms. The molecule has 1 unspecified atom stereocenters. The quantitative estimate of drug-likeness (QED) is 0.407. The highest BCUT2D eigenvalue weighted by molar-refractivity contribution is 6.06. The van der Waals surface area contributed by atoms with Crippen LogP contribution in [0.4, 0.5) is 0 Å². The Bertz CT molecular complexity index is 313. The molecule has 0 heterocycles. The lowest BCUT2D eigenvalue weighted by molar-refractivity contribution is -0.480. The van der Waals surface area contributed by atoms with Gasteiger partial charge in [-0.15, -0.1) is 0 Å². The standard InChI is InChI=1S/C11H17NO4/c1-11(7-3-2-5-9(11)13)10(14)6-4-8-12(15)16/h2-8H2,1H3. The maximum Gasteiger partial charge on any atom is 0.204 e. The second-order valence-corrected chi connectivity index (χ2v) is 4.55. The Labute approximate surface area is 94.4 Å². The van der Waals surface area contributed by atoms with Crippen LogP contribution < -0.4 is 0 Å². The van der Waals surface area contributed by atoms with Crippen LogP contribution in [0.5, 0.6) is 0 Å². The molecule has 1 rings (SSSR count). The molecule has 5 nitrogen and oxygen atoms in total. The van der Waals surface area contributed by atoms with Crippen LogP contribution in [0.3, 0.4) is 0 Å². The molecular weight excluding hydrogens is 210 g/mol. The summed E-state index contributed by atoms with van der Waals surface area (Å²) in [7, 11) is 0. The molecule has 1 aliphatic rings. The Morgan fingerprint density at radius 2 is 2.19 bits per heavy atom. The molecule has 0 amide bonds. The molecule has 1 fully saturated rings. The average molecular weight is 227 g/mol. The fraction of sp³-hybridized carbons (Fsp3) is 0.818. The van der Waals surface area contributed by atoms with E-state index in [1.54, 1.807) is 6.92 Å². The Morgan fingerprint density at radius 3 is 2.75 bits per heavy atom. The van der Waals surface area contributed by atoms with Gasteiger partial charge in [-0.1, -0.05) is 6.42 Å². The number of hydrogen-bond donors (Lipinski definition) is 0. The van der Waals surface area contributed by atoms with Crippen molar-refractivity contribution in [2.45, 2.75) is 45.4 Å². The van der Waals surface area contributed by atoms with Crippen LogP contribution in [0.25, 0.3) is 0 Å². The molecule has 0 N–H and O–H groups in total. The van der Waals surface area contributed by atoms with Crippen molar-refractivity contribution in [1.82, 2.24) is 0 Å². The minimum Gasteiger partial charge on any atom is -0.299 e. The average Bonchev–Trinajstić information content (AvgIpc) is 2.22. The third kappa shape index (κ3) is 2.87. The van der Waals surface area contributed by atoms with Crippen LogP contribution >= 0.6 is 0 Å². The Morgan fingerprint density at radius 1 is 1.50 bits per heavy atom. The van der Waals surface area contributed by atoms with Crippen LogP contribution in [0.15, 0.2) is 0 Å². The third-order valence-electron chi connectivity index (χ3n) is 3.31. The molecule has 1 aliphatic carbocycles. The Hall–Kier alpha value is -1.26. The minimum absolute atomic E-state index is 0.00449. The van der Waals surface area contributed by atoms with Gasteiger partial charge in [-0.05, 0) is 19.8 Å². The number of nitro groups is 1. The normalized spacial score (nSPS) is 25.4. The van der Waals surface area contributed by atoms with Gasteiger partial charge in [0, 0.05) is 24.2 Å². The molecule has 1 atom stereocenters. The van der Waals surface area contributed by atoms with E-state index in [0.717, 1.165) is 12.8 Å². The van der Waals surface area contributed by atoms with E-state index >= 15 is 0 Å². The monoisotopic (exact) mass is 227 g/mol. The van der Waals surface area contributed by atoms with Crippen LogP contribution in [0, 0.1) is 15.5 Å². The first kappa shape index (κ1) is 12.8. The number of Topliss-reactive ketones (excluding diaryl/α,β-unsaturated/α-hetero) is 2. The molecule has 16 heavy (non-hydrogen) atoms. The second kappa shape index (κ2) is 5.18. The van der Waals surface area contributed by atoms with E-state index in [-0.39, 0.29) is 31.0 Å². The van der Waals surface area contributed by atoms with E-state index < -0.39 is 10.3 Å². The zero-order valence-corrected chi connectivity index (χ0v) is 9.53. The van der Waals surface area contributed by atoms with Crippen molar-refractivity contribution in [3.05, 3.63) is 10.1 Å². The summed E-state index contributed by atoms with van der Waals surface area (Å²) in [4.78, 5) is 33.3. The smallest absolute Gasteiger partial charge is 0.204 e. The van der Waals surface area contributed by atoms with Gasteiger partial charge in [-0.3, -0.25) is 19.7 Å². The summed E-state index contributed by atoms with van der Waals surface area (Å²) in [6.07, 6.45) is 3.19. The topological polar surface area (TPSA) is 77.3 Å². The highest BCUT2D eigenvalue weighted by atomic mass is 16.6. The number of ketones is 2. The lowest BCUT2D eigenvalue weighted by Gasteiger charge is -2.30. The molecule has 0 radical (unpaired) electrons. The molecule has 0 aromatic carbocycles. The molecule has 0 aromatic heterocycles. The van der Waals surface area contributed by atoms with Gasteiger partial charge in [0.1, 0.15) is 11.6 Å². The van der Waals surface area contributed by atoms with Crippen LogP contribution in [0.1, 0.15) is 45.4 Å². The SMILES string of the molecule is CC1(C(=O)CCC[N+](=O)[O-])CCCCC1=O. The zero-order valence-electron chi connectivity index (χ0n) is 9.53. The highest BCUT2D eigenvalue weighted by Crippen LogP contribution is 2.34. The maximum absolute atomic E-state index is 11.9. The van der Waals surface area contributed by atoms with Gasteiger partial charge < -0.3 is 0 Å². The number of rotatable bonds is 5. The van der Waals surface area contributed by atoms with Crippen LogP contribution in [-0.2, 0) is 9.59 Å². The Balaban J connectivity index is 2.51. The first-order valence-electron chi connectivity index (χ1n) is 5.65. The molecule has 0 saturated heterocycles. The Kier molecular flexibility index (Phi) is 4.15. The van der Waals surface area contributed by atoms with Crippen molar-refractivity contribution in [1.29, 1.82) is 0 Å².